The highest BCUT2D eigenvalue weighted by Crippen LogP contribution is 2.27. The third-order valence-electron chi connectivity index (χ3n) is 3.04. The van der Waals surface area contributed by atoms with Crippen molar-refractivity contribution in [1.29, 1.82) is 0 Å². The largest absolute Gasteiger partial charge is 0.326 e. The van der Waals surface area contributed by atoms with Crippen molar-refractivity contribution in [2.24, 2.45) is 11.1 Å². The molecule has 116 valence electrons. The van der Waals surface area contributed by atoms with E-state index >= 15 is 0 Å². The van der Waals surface area contributed by atoms with Crippen molar-refractivity contribution in [1.82, 2.24) is 0 Å². The standard InChI is InChI=1S/C15H22ClN3O2/c1-5-12(20)18-9-6-7-10(16)11(8-9)19-14(21)13(17)15(2,3)4/h6-8,13H,5,17H2,1-4H3,(H,18,20)(H,19,21)/t13-/m1/s1. The van der Waals surface area contributed by atoms with Crippen molar-refractivity contribution in [3.05, 3.63) is 23.2 Å². The Morgan fingerprint density at radius 3 is 2.43 bits per heavy atom. The average Bonchev–Trinajstić information content (AvgIpc) is 2.40. The smallest absolute Gasteiger partial charge is 0.241 e. The van der Waals surface area contributed by atoms with Gasteiger partial charge in [-0.1, -0.05) is 39.3 Å². The van der Waals surface area contributed by atoms with E-state index in [1.807, 2.05) is 20.8 Å². The van der Waals surface area contributed by atoms with E-state index in [0.717, 1.165) is 0 Å². The number of nitrogens with one attached hydrogen (secondary N) is 2. The maximum absolute atomic E-state index is 12.1. The third kappa shape index (κ3) is 5.02. The molecule has 0 aliphatic carbocycles. The molecule has 0 fully saturated rings. The van der Waals surface area contributed by atoms with E-state index in [9.17, 15) is 9.59 Å². The Morgan fingerprint density at radius 2 is 1.90 bits per heavy atom. The highest BCUT2D eigenvalue weighted by Gasteiger charge is 2.27. The summed E-state index contributed by atoms with van der Waals surface area (Å²) in [6.07, 6.45) is 0.374. The summed E-state index contributed by atoms with van der Waals surface area (Å²) in [4.78, 5) is 23.5. The van der Waals surface area contributed by atoms with Crippen LogP contribution in [0.25, 0.3) is 0 Å². The molecule has 0 saturated heterocycles. The predicted octanol–water partition coefficient (Wildman–Crippen LogP) is 3.00. The zero-order valence-electron chi connectivity index (χ0n) is 12.8. The lowest BCUT2D eigenvalue weighted by Crippen LogP contribution is -2.45. The second-order valence-corrected chi connectivity index (χ2v) is 6.34. The third-order valence-corrected chi connectivity index (χ3v) is 3.37. The maximum atomic E-state index is 12.1. The van der Waals surface area contributed by atoms with Crippen LogP contribution in [0.5, 0.6) is 0 Å². The zero-order valence-corrected chi connectivity index (χ0v) is 13.5. The molecule has 1 aromatic rings. The van der Waals surface area contributed by atoms with Crippen molar-refractivity contribution < 1.29 is 9.59 Å². The molecule has 0 aromatic heterocycles. The highest BCUT2D eigenvalue weighted by atomic mass is 35.5. The number of hydrogen-bond donors (Lipinski definition) is 3. The number of hydrogen-bond acceptors (Lipinski definition) is 3. The summed E-state index contributed by atoms with van der Waals surface area (Å²) in [5.74, 6) is -0.427. The minimum atomic E-state index is -0.664. The molecule has 6 heteroatoms. The van der Waals surface area contributed by atoms with Crippen LogP contribution in [-0.4, -0.2) is 17.9 Å². The Morgan fingerprint density at radius 1 is 1.29 bits per heavy atom. The zero-order chi connectivity index (χ0) is 16.2. The van der Waals surface area contributed by atoms with Crippen LogP contribution in [0.2, 0.25) is 5.02 Å². The van der Waals surface area contributed by atoms with Crippen LogP contribution in [-0.2, 0) is 9.59 Å². The number of halogens is 1. The van der Waals surface area contributed by atoms with Gasteiger partial charge in [0.2, 0.25) is 11.8 Å². The molecule has 0 spiro atoms. The normalized spacial score (nSPS) is 12.7. The number of nitrogens with two attached hydrogens (primary N) is 1. The molecular formula is C15H22ClN3O2. The second-order valence-electron chi connectivity index (χ2n) is 5.93. The first kappa shape index (κ1) is 17.5. The van der Waals surface area contributed by atoms with E-state index < -0.39 is 6.04 Å². The van der Waals surface area contributed by atoms with Gasteiger partial charge in [-0.2, -0.15) is 0 Å². The van der Waals surface area contributed by atoms with Crippen LogP contribution in [0.1, 0.15) is 34.1 Å². The number of anilines is 2. The lowest BCUT2D eigenvalue weighted by Gasteiger charge is -2.26. The molecule has 2 amide bonds. The summed E-state index contributed by atoms with van der Waals surface area (Å²) >= 11 is 6.06. The first-order valence-corrected chi connectivity index (χ1v) is 7.18. The van der Waals surface area contributed by atoms with Crippen LogP contribution < -0.4 is 16.4 Å². The summed E-state index contributed by atoms with van der Waals surface area (Å²) in [6.45, 7) is 7.42. The van der Waals surface area contributed by atoms with Crippen molar-refractivity contribution >= 4 is 34.8 Å². The number of carbonyl (C=O) groups is 2. The SMILES string of the molecule is CCC(=O)Nc1ccc(Cl)c(NC(=O)[C@@H](N)C(C)(C)C)c1. The van der Waals surface area contributed by atoms with Crippen LogP contribution in [0.4, 0.5) is 11.4 Å². The number of benzene rings is 1. The molecule has 1 rings (SSSR count). The molecule has 1 atom stereocenters. The van der Waals surface area contributed by atoms with Gasteiger partial charge in [0.15, 0.2) is 0 Å². The maximum Gasteiger partial charge on any atom is 0.241 e. The Hall–Kier alpha value is -1.59. The molecule has 21 heavy (non-hydrogen) atoms. The fraction of sp³-hybridized carbons (Fsp3) is 0.467. The van der Waals surface area contributed by atoms with E-state index in [-0.39, 0.29) is 17.2 Å². The van der Waals surface area contributed by atoms with Gasteiger partial charge in [0.1, 0.15) is 0 Å². The van der Waals surface area contributed by atoms with Crippen molar-refractivity contribution in [2.75, 3.05) is 10.6 Å². The summed E-state index contributed by atoms with van der Waals surface area (Å²) in [5, 5.41) is 5.80. The van der Waals surface area contributed by atoms with Crippen LogP contribution in [0.15, 0.2) is 18.2 Å². The van der Waals surface area contributed by atoms with Crippen molar-refractivity contribution in [3.8, 4) is 0 Å². The Labute approximate surface area is 130 Å². The van der Waals surface area contributed by atoms with E-state index in [0.29, 0.717) is 22.8 Å². The van der Waals surface area contributed by atoms with Gasteiger partial charge in [-0.25, -0.2) is 0 Å². The Kier molecular flexibility index (Phi) is 5.75. The molecule has 5 nitrogen and oxygen atoms in total. The van der Waals surface area contributed by atoms with Gasteiger partial charge in [-0.15, -0.1) is 0 Å². The minimum Gasteiger partial charge on any atom is -0.326 e. The van der Waals surface area contributed by atoms with Crippen LogP contribution in [0.3, 0.4) is 0 Å². The highest BCUT2D eigenvalue weighted by molar-refractivity contribution is 6.34. The molecule has 0 aliphatic rings. The molecule has 0 radical (unpaired) electrons. The monoisotopic (exact) mass is 311 g/mol. The lowest BCUT2D eigenvalue weighted by atomic mass is 9.87. The van der Waals surface area contributed by atoms with Crippen molar-refractivity contribution in [2.45, 2.75) is 40.2 Å². The summed E-state index contributed by atoms with van der Waals surface area (Å²) in [7, 11) is 0. The van der Waals surface area contributed by atoms with Gasteiger partial charge in [0, 0.05) is 12.1 Å². The van der Waals surface area contributed by atoms with E-state index in [4.69, 9.17) is 17.3 Å². The number of rotatable bonds is 4. The number of amides is 2. The van der Waals surface area contributed by atoms with Gasteiger partial charge in [0.05, 0.1) is 16.8 Å². The molecule has 1 aromatic carbocycles. The molecule has 0 unspecified atom stereocenters. The van der Waals surface area contributed by atoms with Gasteiger partial charge in [0.25, 0.3) is 0 Å². The van der Waals surface area contributed by atoms with Crippen LogP contribution >= 0.6 is 11.6 Å². The molecule has 0 bridgehead atoms. The van der Waals surface area contributed by atoms with Gasteiger partial charge >= 0.3 is 0 Å². The summed E-state index contributed by atoms with van der Waals surface area (Å²) in [6, 6.07) is 4.24. The van der Waals surface area contributed by atoms with Crippen molar-refractivity contribution in [3.63, 3.8) is 0 Å². The Balaban J connectivity index is 2.90. The van der Waals surface area contributed by atoms with E-state index in [1.165, 1.54) is 0 Å². The summed E-state index contributed by atoms with van der Waals surface area (Å²) < 4.78 is 0. The molecular weight excluding hydrogens is 290 g/mol. The fourth-order valence-corrected chi connectivity index (χ4v) is 1.72. The topological polar surface area (TPSA) is 84.2 Å². The predicted molar refractivity (Wildman–Crippen MR) is 86.4 cm³/mol. The van der Waals surface area contributed by atoms with Gasteiger partial charge < -0.3 is 16.4 Å². The van der Waals surface area contributed by atoms with E-state index in [1.54, 1.807) is 25.1 Å². The molecule has 0 heterocycles. The minimum absolute atomic E-state index is 0.110. The Bertz CT molecular complexity index is 538. The first-order chi connectivity index (χ1) is 9.65. The van der Waals surface area contributed by atoms with Gasteiger partial charge in [-0.3, -0.25) is 9.59 Å². The number of carbonyl (C=O) groups excluding carboxylic acids is 2. The summed E-state index contributed by atoms with van der Waals surface area (Å²) in [5.41, 5.74) is 6.55. The second kappa shape index (κ2) is 6.91. The fourth-order valence-electron chi connectivity index (χ4n) is 1.55. The molecule has 0 aliphatic heterocycles. The van der Waals surface area contributed by atoms with Gasteiger partial charge in [-0.05, 0) is 23.6 Å². The molecule has 4 N–H and O–H groups in total. The van der Waals surface area contributed by atoms with Crippen LogP contribution in [0, 0.1) is 5.41 Å². The average molecular weight is 312 g/mol. The molecule has 0 saturated carbocycles. The lowest BCUT2D eigenvalue weighted by molar-refractivity contribution is -0.119. The first-order valence-electron chi connectivity index (χ1n) is 6.81. The van der Waals surface area contributed by atoms with E-state index in [2.05, 4.69) is 10.6 Å². The quantitative estimate of drug-likeness (QED) is 0.799.